The smallest absolute Gasteiger partial charge is 0.224 e. The maximum atomic E-state index is 12.2. The van der Waals surface area contributed by atoms with E-state index in [0.29, 0.717) is 18.0 Å². The van der Waals surface area contributed by atoms with Gasteiger partial charge >= 0.3 is 0 Å². The van der Waals surface area contributed by atoms with Crippen LogP contribution in [0.25, 0.3) is 0 Å². The van der Waals surface area contributed by atoms with Crippen LogP contribution in [-0.4, -0.2) is 26.0 Å². The Kier molecular flexibility index (Phi) is 6.39. The number of anilines is 1. The minimum Gasteiger partial charge on any atom is -0.497 e. The van der Waals surface area contributed by atoms with E-state index in [1.165, 1.54) is 6.92 Å². The Hall–Kier alpha value is -3.02. The van der Waals surface area contributed by atoms with Gasteiger partial charge in [0.25, 0.3) is 0 Å². The van der Waals surface area contributed by atoms with Crippen LogP contribution < -0.4 is 20.1 Å². The lowest BCUT2D eigenvalue weighted by molar-refractivity contribution is -0.120. The molecule has 25 heavy (non-hydrogen) atoms. The maximum absolute atomic E-state index is 12.2. The minimum absolute atomic E-state index is 0.111. The highest BCUT2D eigenvalue weighted by atomic mass is 16.5. The molecule has 6 nitrogen and oxygen atoms in total. The standard InChI is InChI=1S/C19H22N2O4/c1-13(22)21-16-7-8-18(25-3)15(11-16)12-20-19(23)10-14-5-4-6-17(9-14)24-2/h4-9,11H,10,12H2,1-3H3,(H,20,23)(H,21,22). The molecule has 0 bridgehead atoms. The first-order valence-corrected chi connectivity index (χ1v) is 7.86. The largest absolute Gasteiger partial charge is 0.497 e. The highest BCUT2D eigenvalue weighted by Gasteiger charge is 2.09. The topological polar surface area (TPSA) is 76.7 Å². The molecule has 0 aliphatic rings. The molecule has 0 fully saturated rings. The molecule has 2 rings (SSSR count). The molecule has 2 N–H and O–H groups in total. The third-order valence-corrected chi connectivity index (χ3v) is 3.58. The van der Waals surface area contributed by atoms with E-state index in [1.807, 2.05) is 24.3 Å². The zero-order chi connectivity index (χ0) is 18.2. The van der Waals surface area contributed by atoms with Crippen LogP contribution in [0.3, 0.4) is 0 Å². The van der Waals surface area contributed by atoms with Crippen molar-refractivity contribution in [3.8, 4) is 11.5 Å². The number of amides is 2. The Morgan fingerprint density at radius 3 is 2.52 bits per heavy atom. The number of hydrogen-bond acceptors (Lipinski definition) is 4. The molecule has 0 saturated carbocycles. The first-order chi connectivity index (χ1) is 12.0. The van der Waals surface area contributed by atoms with Crippen molar-refractivity contribution in [1.29, 1.82) is 0 Å². The van der Waals surface area contributed by atoms with Gasteiger partial charge in [-0.15, -0.1) is 0 Å². The molecule has 2 aromatic carbocycles. The molecule has 0 unspecified atom stereocenters. The summed E-state index contributed by atoms with van der Waals surface area (Å²) in [5.74, 6) is 1.10. The van der Waals surface area contributed by atoms with E-state index in [2.05, 4.69) is 10.6 Å². The number of carbonyl (C=O) groups is 2. The lowest BCUT2D eigenvalue weighted by Gasteiger charge is -2.12. The number of rotatable bonds is 7. The van der Waals surface area contributed by atoms with Crippen LogP contribution in [0.2, 0.25) is 0 Å². The SMILES string of the molecule is COc1cccc(CC(=O)NCc2cc(NC(C)=O)ccc2OC)c1. The second-order valence-corrected chi connectivity index (χ2v) is 5.51. The van der Waals surface area contributed by atoms with E-state index >= 15 is 0 Å². The van der Waals surface area contributed by atoms with Gasteiger partial charge in [0, 0.05) is 24.7 Å². The first kappa shape index (κ1) is 18.3. The van der Waals surface area contributed by atoms with Crippen molar-refractivity contribution in [2.75, 3.05) is 19.5 Å². The van der Waals surface area contributed by atoms with E-state index in [1.54, 1.807) is 32.4 Å². The molecule has 2 amide bonds. The lowest BCUT2D eigenvalue weighted by atomic mass is 10.1. The molecule has 0 spiro atoms. The third kappa shape index (κ3) is 5.53. The molecule has 0 aliphatic carbocycles. The van der Waals surface area contributed by atoms with Crippen LogP contribution in [-0.2, 0) is 22.6 Å². The molecular formula is C19H22N2O4. The third-order valence-electron chi connectivity index (χ3n) is 3.58. The van der Waals surface area contributed by atoms with E-state index < -0.39 is 0 Å². The second-order valence-electron chi connectivity index (χ2n) is 5.51. The summed E-state index contributed by atoms with van der Waals surface area (Å²) in [6.45, 7) is 1.75. The van der Waals surface area contributed by atoms with Gasteiger partial charge in [0.15, 0.2) is 0 Å². The summed E-state index contributed by atoms with van der Waals surface area (Å²) in [5, 5.41) is 5.58. The van der Waals surface area contributed by atoms with Crippen molar-refractivity contribution in [2.45, 2.75) is 19.9 Å². The fourth-order valence-corrected chi connectivity index (χ4v) is 2.42. The number of nitrogens with one attached hydrogen (secondary N) is 2. The number of benzene rings is 2. The van der Waals surface area contributed by atoms with Crippen molar-refractivity contribution in [1.82, 2.24) is 5.32 Å². The average molecular weight is 342 g/mol. The van der Waals surface area contributed by atoms with Crippen molar-refractivity contribution in [3.05, 3.63) is 53.6 Å². The van der Waals surface area contributed by atoms with Gasteiger partial charge in [-0.2, -0.15) is 0 Å². The Morgan fingerprint density at radius 1 is 1.04 bits per heavy atom. The predicted molar refractivity (Wildman–Crippen MR) is 95.8 cm³/mol. The first-order valence-electron chi connectivity index (χ1n) is 7.86. The molecule has 0 aromatic heterocycles. The zero-order valence-corrected chi connectivity index (χ0v) is 14.6. The summed E-state index contributed by atoms with van der Waals surface area (Å²) in [7, 11) is 3.16. The lowest BCUT2D eigenvalue weighted by Crippen LogP contribution is -2.24. The number of ether oxygens (including phenoxy) is 2. The molecule has 0 aliphatic heterocycles. The summed E-state index contributed by atoms with van der Waals surface area (Å²) < 4.78 is 10.5. The average Bonchev–Trinajstić information content (AvgIpc) is 2.59. The molecule has 0 heterocycles. The fourth-order valence-electron chi connectivity index (χ4n) is 2.42. The van der Waals surface area contributed by atoms with Gasteiger partial charge in [0.1, 0.15) is 11.5 Å². The van der Waals surface area contributed by atoms with E-state index in [-0.39, 0.29) is 18.2 Å². The quantitative estimate of drug-likeness (QED) is 0.811. The van der Waals surface area contributed by atoms with Gasteiger partial charge in [-0.05, 0) is 35.9 Å². The Bertz CT molecular complexity index is 759. The molecule has 132 valence electrons. The van der Waals surface area contributed by atoms with Crippen molar-refractivity contribution in [2.24, 2.45) is 0 Å². The van der Waals surface area contributed by atoms with Crippen molar-refractivity contribution < 1.29 is 19.1 Å². The minimum atomic E-state index is -0.154. The van der Waals surface area contributed by atoms with Crippen LogP contribution >= 0.6 is 0 Å². The van der Waals surface area contributed by atoms with E-state index in [0.717, 1.165) is 16.9 Å². The molecular weight excluding hydrogens is 320 g/mol. The van der Waals surface area contributed by atoms with Crippen LogP contribution in [0.1, 0.15) is 18.1 Å². The fraction of sp³-hybridized carbons (Fsp3) is 0.263. The summed E-state index contributed by atoms with van der Waals surface area (Å²) in [6.07, 6.45) is 0.255. The highest BCUT2D eigenvalue weighted by molar-refractivity contribution is 5.88. The highest BCUT2D eigenvalue weighted by Crippen LogP contribution is 2.22. The molecule has 6 heteroatoms. The van der Waals surface area contributed by atoms with Gasteiger partial charge in [-0.25, -0.2) is 0 Å². The Balaban J connectivity index is 2.01. The van der Waals surface area contributed by atoms with Gasteiger partial charge < -0.3 is 20.1 Å². The van der Waals surface area contributed by atoms with Crippen molar-refractivity contribution >= 4 is 17.5 Å². The second kappa shape index (κ2) is 8.73. The molecule has 0 saturated heterocycles. The Labute approximate surface area is 147 Å². The maximum Gasteiger partial charge on any atom is 0.224 e. The summed E-state index contributed by atoms with van der Waals surface area (Å²) in [5.41, 5.74) is 2.31. The van der Waals surface area contributed by atoms with Gasteiger partial charge in [0.05, 0.1) is 20.6 Å². The monoisotopic (exact) mass is 342 g/mol. The van der Waals surface area contributed by atoms with Gasteiger partial charge in [-0.1, -0.05) is 12.1 Å². The van der Waals surface area contributed by atoms with Crippen LogP contribution in [0.4, 0.5) is 5.69 Å². The summed E-state index contributed by atoms with van der Waals surface area (Å²) in [6, 6.07) is 12.7. The van der Waals surface area contributed by atoms with Crippen LogP contribution in [0, 0.1) is 0 Å². The summed E-state index contributed by atoms with van der Waals surface area (Å²) in [4.78, 5) is 23.4. The normalized spacial score (nSPS) is 10.0. The molecule has 0 radical (unpaired) electrons. The number of carbonyl (C=O) groups excluding carboxylic acids is 2. The van der Waals surface area contributed by atoms with Crippen LogP contribution in [0.5, 0.6) is 11.5 Å². The molecule has 2 aromatic rings. The number of methoxy groups -OCH3 is 2. The van der Waals surface area contributed by atoms with Gasteiger partial charge in [0.2, 0.25) is 11.8 Å². The predicted octanol–water partition coefficient (Wildman–Crippen LogP) is 2.52. The number of hydrogen-bond donors (Lipinski definition) is 2. The molecule has 0 atom stereocenters. The van der Waals surface area contributed by atoms with Crippen LogP contribution in [0.15, 0.2) is 42.5 Å². The Morgan fingerprint density at radius 2 is 1.84 bits per heavy atom. The van der Waals surface area contributed by atoms with Crippen molar-refractivity contribution in [3.63, 3.8) is 0 Å². The van der Waals surface area contributed by atoms with E-state index in [4.69, 9.17) is 9.47 Å². The summed E-state index contributed by atoms with van der Waals surface area (Å²) >= 11 is 0. The van der Waals surface area contributed by atoms with E-state index in [9.17, 15) is 9.59 Å². The zero-order valence-electron chi connectivity index (χ0n) is 14.6. The van der Waals surface area contributed by atoms with Gasteiger partial charge in [-0.3, -0.25) is 9.59 Å².